The van der Waals surface area contributed by atoms with Gasteiger partial charge in [-0.2, -0.15) is 0 Å². The van der Waals surface area contributed by atoms with Crippen LogP contribution in [0, 0.1) is 0 Å². The topological polar surface area (TPSA) is 59.8 Å². The highest BCUT2D eigenvalue weighted by atomic mass is 16.1. The SMILES string of the molecule is CNCc1cn(CCCCCC(C)=O)nn1. The molecule has 0 aliphatic rings. The molecule has 5 nitrogen and oxygen atoms in total. The van der Waals surface area contributed by atoms with E-state index in [9.17, 15) is 4.79 Å². The number of nitrogens with zero attached hydrogens (tertiary/aromatic N) is 3. The van der Waals surface area contributed by atoms with Gasteiger partial charge in [0.1, 0.15) is 5.78 Å². The van der Waals surface area contributed by atoms with Crippen molar-refractivity contribution in [2.24, 2.45) is 0 Å². The summed E-state index contributed by atoms with van der Waals surface area (Å²) in [5.41, 5.74) is 0.964. The summed E-state index contributed by atoms with van der Waals surface area (Å²) in [6, 6.07) is 0. The van der Waals surface area contributed by atoms with E-state index >= 15 is 0 Å². The van der Waals surface area contributed by atoms with Gasteiger partial charge in [-0.25, -0.2) is 0 Å². The number of carbonyl (C=O) groups is 1. The number of rotatable bonds is 8. The van der Waals surface area contributed by atoms with Gasteiger partial charge in [-0.05, 0) is 26.8 Å². The minimum Gasteiger partial charge on any atom is -0.314 e. The fraction of sp³-hybridized carbons (Fsp3) is 0.727. The Kier molecular flexibility index (Phi) is 5.71. The molecule has 1 N–H and O–H groups in total. The normalized spacial score (nSPS) is 10.6. The lowest BCUT2D eigenvalue weighted by atomic mass is 10.1. The average Bonchev–Trinajstić information content (AvgIpc) is 2.65. The molecule has 1 aromatic heterocycles. The summed E-state index contributed by atoms with van der Waals surface area (Å²) in [7, 11) is 1.89. The van der Waals surface area contributed by atoms with E-state index in [0.717, 1.165) is 38.0 Å². The predicted molar refractivity (Wildman–Crippen MR) is 61.9 cm³/mol. The lowest BCUT2D eigenvalue weighted by molar-refractivity contribution is -0.117. The second-order valence-electron chi connectivity index (χ2n) is 4.02. The van der Waals surface area contributed by atoms with E-state index in [1.54, 1.807) is 6.92 Å². The number of unbranched alkanes of at least 4 members (excludes halogenated alkanes) is 2. The van der Waals surface area contributed by atoms with Crippen molar-refractivity contribution in [3.05, 3.63) is 11.9 Å². The van der Waals surface area contributed by atoms with Crippen LogP contribution in [0.1, 0.15) is 38.3 Å². The molecule has 0 radical (unpaired) electrons. The molecule has 0 bridgehead atoms. The largest absolute Gasteiger partial charge is 0.314 e. The number of nitrogens with one attached hydrogen (secondary N) is 1. The van der Waals surface area contributed by atoms with Gasteiger partial charge in [0, 0.05) is 25.7 Å². The van der Waals surface area contributed by atoms with Crippen LogP contribution in [0.4, 0.5) is 0 Å². The standard InChI is InChI=1S/C11H20N4O/c1-10(16)6-4-3-5-7-15-9-11(8-12-2)13-14-15/h9,12H,3-8H2,1-2H3. The number of hydrogen-bond donors (Lipinski definition) is 1. The van der Waals surface area contributed by atoms with Crippen LogP contribution in [-0.4, -0.2) is 27.8 Å². The molecule has 0 atom stereocenters. The van der Waals surface area contributed by atoms with Crippen LogP contribution >= 0.6 is 0 Å². The first kappa shape index (κ1) is 12.8. The van der Waals surface area contributed by atoms with Crippen LogP contribution in [0.2, 0.25) is 0 Å². The van der Waals surface area contributed by atoms with Crippen molar-refractivity contribution < 1.29 is 4.79 Å². The second-order valence-corrected chi connectivity index (χ2v) is 4.02. The van der Waals surface area contributed by atoms with E-state index < -0.39 is 0 Å². The molecule has 1 aromatic rings. The molecule has 5 heteroatoms. The molecule has 1 rings (SSSR count). The second kappa shape index (κ2) is 7.11. The van der Waals surface area contributed by atoms with Gasteiger partial charge in [-0.1, -0.05) is 11.6 Å². The molecule has 0 spiro atoms. The van der Waals surface area contributed by atoms with Gasteiger partial charge in [0.25, 0.3) is 0 Å². The Labute approximate surface area is 96.2 Å². The van der Waals surface area contributed by atoms with E-state index in [0.29, 0.717) is 6.42 Å². The maximum absolute atomic E-state index is 10.7. The van der Waals surface area contributed by atoms with Gasteiger partial charge < -0.3 is 10.1 Å². The lowest BCUT2D eigenvalue weighted by Crippen LogP contribution is -2.05. The van der Waals surface area contributed by atoms with Crippen molar-refractivity contribution in [3.8, 4) is 0 Å². The summed E-state index contributed by atoms with van der Waals surface area (Å²) in [4.78, 5) is 10.7. The number of aryl methyl sites for hydroxylation is 1. The Morgan fingerprint density at radius 3 is 2.94 bits per heavy atom. The van der Waals surface area contributed by atoms with E-state index in [2.05, 4.69) is 15.6 Å². The van der Waals surface area contributed by atoms with Crippen LogP contribution in [0.15, 0.2) is 6.20 Å². The van der Waals surface area contributed by atoms with E-state index in [-0.39, 0.29) is 5.78 Å². The van der Waals surface area contributed by atoms with Crippen molar-refractivity contribution in [1.29, 1.82) is 0 Å². The van der Waals surface area contributed by atoms with Crippen molar-refractivity contribution in [2.75, 3.05) is 7.05 Å². The smallest absolute Gasteiger partial charge is 0.129 e. The van der Waals surface area contributed by atoms with Gasteiger partial charge in [0.2, 0.25) is 0 Å². The summed E-state index contributed by atoms with van der Waals surface area (Å²) in [6.45, 7) is 3.28. The van der Waals surface area contributed by atoms with Gasteiger partial charge >= 0.3 is 0 Å². The number of hydrogen-bond acceptors (Lipinski definition) is 4. The Morgan fingerprint density at radius 1 is 1.44 bits per heavy atom. The zero-order valence-electron chi connectivity index (χ0n) is 10.1. The molecular weight excluding hydrogens is 204 g/mol. The van der Waals surface area contributed by atoms with Crippen molar-refractivity contribution >= 4 is 5.78 Å². The maximum atomic E-state index is 10.7. The highest BCUT2D eigenvalue weighted by Crippen LogP contribution is 2.02. The maximum Gasteiger partial charge on any atom is 0.129 e. The summed E-state index contributed by atoms with van der Waals surface area (Å²) < 4.78 is 1.86. The van der Waals surface area contributed by atoms with Crippen LogP contribution in [0.3, 0.4) is 0 Å². The molecule has 0 fully saturated rings. The highest BCUT2D eigenvalue weighted by Gasteiger charge is 1.99. The third-order valence-electron chi connectivity index (χ3n) is 2.36. The summed E-state index contributed by atoms with van der Waals surface area (Å²) in [6.07, 6.45) is 5.76. The minimum absolute atomic E-state index is 0.275. The quantitative estimate of drug-likeness (QED) is 0.673. The number of carbonyl (C=O) groups excluding carboxylic acids is 1. The Hall–Kier alpha value is -1.23. The van der Waals surface area contributed by atoms with E-state index in [1.165, 1.54) is 0 Å². The first-order valence-electron chi connectivity index (χ1n) is 5.75. The zero-order chi connectivity index (χ0) is 11.8. The molecule has 16 heavy (non-hydrogen) atoms. The molecule has 90 valence electrons. The Balaban J connectivity index is 2.14. The molecule has 0 amide bonds. The van der Waals surface area contributed by atoms with Crippen molar-refractivity contribution in [2.45, 2.75) is 45.7 Å². The monoisotopic (exact) mass is 224 g/mol. The third kappa shape index (κ3) is 5.02. The molecule has 0 aliphatic heterocycles. The lowest BCUT2D eigenvalue weighted by Gasteiger charge is -1.99. The Morgan fingerprint density at radius 2 is 2.25 bits per heavy atom. The number of ketones is 1. The number of Topliss-reactive ketones (excluding diaryl/α,β-unsaturated/α-hetero) is 1. The highest BCUT2D eigenvalue weighted by molar-refractivity contribution is 5.75. The molecule has 0 saturated heterocycles. The first-order valence-corrected chi connectivity index (χ1v) is 5.75. The predicted octanol–water partition coefficient (Wildman–Crippen LogP) is 1.15. The third-order valence-corrected chi connectivity index (χ3v) is 2.36. The molecular formula is C11H20N4O. The molecule has 0 aliphatic carbocycles. The molecule has 0 unspecified atom stereocenters. The summed E-state index contributed by atoms with van der Waals surface area (Å²) in [5.74, 6) is 0.275. The van der Waals surface area contributed by atoms with E-state index in [1.807, 2.05) is 17.9 Å². The van der Waals surface area contributed by atoms with E-state index in [4.69, 9.17) is 0 Å². The van der Waals surface area contributed by atoms with Gasteiger partial charge in [-0.15, -0.1) is 5.10 Å². The van der Waals surface area contributed by atoms with Crippen molar-refractivity contribution in [3.63, 3.8) is 0 Å². The molecule has 1 heterocycles. The average molecular weight is 224 g/mol. The van der Waals surface area contributed by atoms with Gasteiger partial charge in [0.05, 0.1) is 5.69 Å². The number of aromatic nitrogens is 3. The van der Waals surface area contributed by atoms with Gasteiger partial charge in [-0.3, -0.25) is 4.68 Å². The van der Waals surface area contributed by atoms with Crippen LogP contribution in [0.5, 0.6) is 0 Å². The zero-order valence-corrected chi connectivity index (χ0v) is 10.1. The van der Waals surface area contributed by atoms with Gasteiger partial charge in [0.15, 0.2) is 0 Å². The summed E-state index contributed by atoms with van der Waals surface area (Å²) >= 11 is 0. The summed E-state index contributed by atoms with van der Waals surface area (Å²) in [5, 5.41) is 11.1. The minimum atomic E-state index is 0.275. The Bertz CT molecular complexity index is 322. The van der Waals surface area contributed by atoms with Crippen LogP contribution in [-0.2, 0) is 17.9 Å². The first-order chi connectivity index (χ1) is 7.72. The fourth-order valence-corrected chi connectivity index (χ4v) is 1.53. The molecule has 0 saturated carbocycles. The van der Waals surface area contributed by atoms with Crippen molar-refractivity contribution in [1.82, 2.24) is 20.3 Å². The van der Waals surface area contributed by atoms with Crippen LogP contribution in [0.25, 0.3) is 0 Å². The fourth-order valence-electron chi connectivity index (χ4n) is 1.53. The molecule has 0 aromatic carbocycles. The van der Waals surface area contributed by atoms with Crippen LogP contribution < -0.4 is 5.32 Å².